The summed E-state index contributed by atoms with van der Waals surface area (Å²) >= 11 is 6.12. The number of carbonyl (C=O) groups excluding carboxylic acids is 1. The first-order valence-corrected chi connectivity index (χ1v) is 8.47. The zero-order valence-electron chi connectivity index (χ0n) is 13.4. The maximum Gasteiger partial charge on any atom is 0.224 e. The van der Waals surface area contributed by atoms with Gasteiger partial charge < -0.3 is 14.5 Å². The van der Waals surface area contributed by atoms with E-state index in [1.807, 2.05) is 30.3 Å². The quantitative estimate of drug-likeness (QED) is 0.872. The summed E-state index contributed by atoms with van der Waals surface area (Å²) in [5.41, 5.74) is 0.831. The Morgan fingerprint density at radius 2 is 2.00 bits per heavy atom. The van der Waals surface area contributed by atoms with Gasteiger partial charge in [-0.1, -0.05) is 29.8 Å². The first-order valence-electron chi connectivity index (χ1n) is 8.09. The van der Waals surface area contributed by atoms with Crippen molar-refractivity contribution < 1.29 is 13.9 Å². The summed E-state index contributed by atoms with van der Waals surface area (Å²) in [6, 6.07) is 11.2. The standard InChI is InChI=1S/C18H21ClN2O3/c19-15-5-2-1-4-14(15)12-18(22)20-13-16(17-6-3-9-24-17)21-7-10-23-11-8-21/h1-6,9,16H,7-8,10-13H2,(H,20,22). The van der Waals surface area contributed by atoms with Gasteiger partial charge in [0, 0.05) is 24.7 Å². The second-order valence-corrected chi connectivity index (χ2v) is 6.16. The van der Waals surface area contributed by atoms with E-state index in [2.05, 4.69) is 10.2 Å². The van der Waals surface area contributed by atoms with E-state index in [4.69, 9.17) is 20.8 Å². The third kappa shape index (κ3) is 4.38. The van der Waals surface area contributed by atoms with Crippen molar-refractivity contribution in [3.8, 4) is 0 Å². The number of rotatable bonds is 6. The van der Waals surface area contributed by atoms with Gasteiger partial charge in [0.25, 0.3) is 0 Å². The zero-order chi connectivity index (χ0) is 16.8. The number of furan rings is 1. The molecule has 1 aliphatic heterocycles. The maximum absolute atomic E-state index is 12.3. The van der Waals surface area contributed by atoms with Crippen LogP contribution in [0, 0.1) is 0 Å². The lowest BCUT2D eigenvalue weighted by atomic mass is 10.1. The molecule has 1 aromatic carbocycles. The van der Waals surface area contributed by atoms with Crippen molar-refractivity contribution in [3.05, 3.63) is 59.0 Å². The Balaban J connectivity index is 1.61. The van der Waals surface area contributed by atoms with E-state index in [1.165, 1.54) is 0 Å². The molecule has 6 heteroatoms. The molecule has 0 bridgehead atoms. The fourth-order valence-electron chi connectivity index (χ4n) is 2.87. The van der Waals surface area contributed by atoms with Crippen LogP contribution in [0.25, 0.3) is 0 Å². The molecule has 1 aromatic heterocycles. The molecular weight excluding hydrogens is 328 g/mol. The first kappa shape index (κ1) is 17.0. The Morgan fingerprint density at radius 3 is 2.71 bits per heavy atom. The molecule has 1 N–H and O–H groups in total. The summed E-state index contributed by atoms with van der Waals surface area (Å²) in [6.07, 6.45) is 1.93. The summed E-state index contributed by atoms with van der Waals surface area (Å²) in [4.78, 5) is 14.6. The van der Waals surface area contributed by atoms with E-state index >= 15 is 0 Å². The number of amides is 1. The van der Waals surface area contributed by atoms with E-state index in [1.54, 1.807) is 12.3 Å². The van der Waals surface area contributed by atoms with Crippen LogP contribution in [0.1, 0.15) is 17.4 Å². The predicted octanol–water partition coefficient (Wildman–Crippen LogP) is 2.67. The summed E-state index contributed by atoms with van der Waals surface area (Å²) in [5, 5.41) is 3.62. The Labute approximate surface area is 146 Å². The van der Waals surface area contributed by atoms with Crippen LogP contribution in [0.4, 0.5) is 0 Å². The summed E-state index contributed by atoms with van der Waals surface area (Å²) in [6.45, 7) is 3.55. The normalized spacial score (nSPS) is 16.7. The molecule has 0 aliphatic carbocycles. The molecule has 1 fully saturated rings. The largest absolute Gasteiger partial charge is 0.468 e. The minimum Gasteiger partial charge on any atom is -0.468 e. The number of nitrogens with one attached hydrogen (secondary N) is 1. The highest BCUT2D eigenvalue weighted by atomic mass is 35.5. The smallest absolute Gasteiger partial charge is 0.224 e. The molecule has 0 saturated carbocycles. The highest BCUT2D eigenvalue weighted by molar-refractivity contribution is 6.31. The highest BCUT2D eigenvalue weighted by Crippen LogP contribution is 2.22. The topological polar surface area (TPSA) is 54.7 Å². The van der Waals surface area contributed by atoms with E-state index < -0.39 is 0 Å². The van der Waals surface area contributed by atoms with Crippen molar-refractivity contribution in [2.24, 2.45) is 0 Å². The summed E-state index contributed by atoms with van der Waals surface area (Å²) < 4.78 is 11.0. The maximum atomic E-state index is 12.3. The molecule has 1 amide bonds. The summed E-state index contributed by atoms with van der Waals surface area (Å²) in [7, 11) is 0. The molecule has 1 saturated heterocycles. The fraction of sp³-hybridized carbons (Fsp3) is 0.389. The van der Waals surface area contributed by atoms with Gasteiger partial charge in [-0.3, -0.25) is 9.69 Å². The van der Waals surface area contributed by atoms with Gasteiger partial charge in [-0.2, -0.15) is 0 Å². The van der Waals surface area contributed by atoms with Crippen molar-refractivity contribution in [2.75, 3.05) is 32.8 Å². The first-order chi connectivity index (χ1) is 11.7. The van der Waals surface area contributed by atoms with E-state index in [-0.39, 0.29) is 18.4 Å². The fourth-order valence-corrected chi connectivity index (χ4v) is 3.07. The second-order valence-electron chi connectivity index (χ2n) is 5.75. The number of hydrogen-bond acceptors (Lipinski definition) is 4. The van der Waals surface area contributed by atoms with Gasteiger partial charge in [-0.05, 0) is 23.8 Å². The molecule has 0 spiro atoms. The molecule has 1 unspecified atom stereocenters. The van der Waals surface area contributed by atoms with Crippen LogP contribution < -0.4 is 5.32 Å². The number of morpholine rings is 1. The number of ether oxygens (including phenoxy) is 1. The van der Waals surface area contributed by atoms with Crippen LogP contribution in [0.3, 0.4) is 0 Å². The molecule has 1 atom stereocenters. The Hall–Kier alpha value is -1.82. The van der Waals surface area contributed by atoms with E-state index in [9.17, 15) is 4.79 Å². The van der Waals surface area contributed by atoms with Crippen LogP contribution in [0.5, 0.6) is 0 Å². The lowest BCUT2D eigenvalue weighted by Gasteiger charge is -2.33. The molecule has 128 valence electrons. The van der Waals surface area contributed by atoms with Crippen molar-refractivity contribution in [2.45, 2.75) is 12.5 Å². The molecule has 5 nitrogen and oxygen atoms in total. The van der Waals surface area contributed by atoms with Gasteiger partial charge in [0.05, 0.1) is 31.9 Å². The Bertz CT molecular complexity index is 654. The summed E-state index contributed by atoms with van der Waals surface area (Å²) in [5.74, 6) is 0.808. The van der Waals surface area contributed by atoms with Gasteiger partial charge >= 0.3 is 0 Å². The van der Waals surface area contributed by atoms with E-state index in [0.29, 0.717) is 24.8 Å². The average Bonchev–Trinajstić information content (AvgIpc) is 3.12. The third-order valence-corrected chi connectivity index (χ3v) is 4.53. The van der Waals surface area contributed by atoms with Crippen molar-refractivity contribution in [1.29, 1.82) is 0 Å². The number of nitrogens with zero attached hydrogens (tertiary/aromatic N) is 1. The number of halogens is 1. The molecule has 3 rings (SSSR count). The van der Waals surface area contributed by atoms with Gasteiger partial charge in [0.1, 0.15) is 5.76 Å². The molecule has 1 aliphatic rings. The number of benzene rings is 1. The van der Waals surface area contributed by atoms with Crippen LogP contribution in [-0.2, 0) is 16.0 Å². The lowest BCUT2D eigenvalue weighted by molar-refractivity contribution is -0.120. The van der Waals surface area contributed by atoms with Crippen LogP contribution in [-0.4, -0.2) is 43.7 Å². The van der Waals surface area contributed by atoms with Crippen molar-refractivity contribution >= 4 is 17.5 Å². The predicted molar refractivity (Wildman–Crippen MR) is 92.0 cm³/mol. The monoisotopic (exact) mass is 348 g/mol. The second kappa shape index (κ2) is 8.33. The highest BCUT2D eigenvalue weighted by Gasteiger charge is 2.25. The average molecular weight is 349 g/mol. The van der Waals surface area contributed by atoms with Crippen LogP contribution >= 0.6 is 11.6 Å². The van der Waals surface area contributed by atoms with Crippen LogP contribution in [0.2, 0.25) is 5.02 Å². The number of carbonyl (C=O) groups is 1. The van der Waals surface area contributed by atoms with E-state index in [0.717, 1.165) is 24.4 Å². The van der Waals surface area contributed by atoms with Gasteiger partial charge in [0.15, 0.2) is 0 Å². The Morgan fingerprint density at radius 1 is 1.21 bits per heavy atom. The minimum absolute atomic E-state index is 0.0131. The van der Waals surface area contributed by atoms with Crippen molar-refractivity contribution in [1.82, 2.24) is 10.2 Å². The van der Waals surface area contributed by atoms with Gasteiger partial charge in [-0.15, -0.1) is 0 Å². The van der Waals surface area contributed by atoms with Gasteiger partial charge in [-0.25, -0.2) is 0 Å². The molecule has 2 aromatic rings. The minimum atomic E-state index is -0.0482. The third-order valence-electron chi connectivity index (χ3n) is 4.16. The molecule has 24 heavy (non-hydrogen) atoms. The van der Waals surface area contributed by atoms with Gasteiger partial charge in [0.2, 0.25) is 5.91 Å². The SMILES string of the molecule is O=C(Cc1ccccc1Cl)NCC(c1ccco1)N1CCOCC1. The zero-order valence-corrected chi connectivity index (χ0v) is 14.2. The van der Waals surface area contributed by atoms with Crippen molar-refractivity contribution in [3.63, 3.8) is 0 Å². The molecule has 0 radical (unpaired) electrons. The lowest BCUT2D eigenvalue weighted by Crippen LogP contribution is -2.43. The number of hydrogen-bond donors (Lipinski definition) is 1. The van der Waals surface area contributed by atoms with Crippen LogP contribution in [0.15, 0.2) is 47.1 Å². The molecule has 2 heterocycles. The molecular formula is C18H21ClN2O3. The Kier molecular flexibility index (Phi) is 5.91.